The van der Waals surface area contributed by atoms with Crippen LogP contribution in [-0.2, 0) is 35.5 Å². The number of hydrogen-bond acceptors (Lipinski definition) is 0. The average Bonchev–Trinajstić information content (AvgIpc) is 3.47. The van der Waals surface area contributed by atoms with Crippen molar-refractivity contribution in [2.45, 2.75) is 111 Å². The van der Waals surface area contributed by atoms with E-state index in [0.29, 0.717) is 5.92 Å². The van der Waals surface area contributed by atoms with Crippen LogP contribution in [0, 0.1) is 25.2 Å². The Bertz CT molecular complexity index is 1740. The van der Waals surface area contributed by atoms with Gasteiger partial charge in [0.15, 0.2) is 0 Å². The third-order valence-electron chi connectivity index (χ3n) is 11.1. The van der Waals surface area contributed by atoms with Gasteiger partial charge in [0.2, 0.25) is 0 Å². The summed E-state index contributed by atoms with van der Waals surface area (Å²) >= 11 is -4.48. The molecule has 1 atom stereocenters. The zero-order valence-electron chi connectivity index (χ0n) is 29.5. The van der Waals surface area contributed by atoms with Gasteiger partial charge in [-0.15, -0.1) is 0 Å². The monoisotopic (exact) mass is 650 g/mol. The maximum absolute atomic E-state index is 5.72. The third kappa shape index (κ3) is 4.92. The number of aryl methyl sites for hydroxylation is 1. The summed E-state index contributed by atoms with van der Waals surface area (Å²) < 4.78 is 11.6. The molecule has 0 bridgehead atoms. The number of allylic oxidation sites excluding steroid dienone is 4. The summed E-state index contributed by atoms with van der Waals surface area (Å²) in [6.45, 7) is 31.0. The van der Waals surface area contributed by atoms with Gasteiger partial charge in [0.05, 0.1) is 0 Å². The van der Waals surface area contributed by atoms with Crippen LogP contribution in [0.3, 0.4) is 0 Å². The summed E-state index contributed by atoms with van der Waals surface area (Å²) in [6, 6.07) is 19.2. The van der Waals surface area contributed by atoms with Crippen molar-refractivity contribution in [3.63, 3.8) is 0 Å². The number of rotatable bonds is 4. The summed E-state index contributed by atoms with van der Waals surface area (Å²) in [5, 5.41) is 0. The second kappa shape index (κ2) is 10.2. The molecule has 0 saturated heterocycles. The Labute approximate surface area is 264 Å². The Balaban J connectivity index is 1.99. The van der Waals surface area contributed by atoms with Crippen molar-refractivity contribution in [2.75, 3.05) is 0 Å². The van der Waals surface area contributed by atoms with Gasteiger partial charge in [-0.3, -0.25) is 0 Å². The van der Waals surface area contributed by atoms with E-state index in [9.17, 15) is 0 Å². The van der Waals surface area contributed by atoms with Gasteiger partial charge < -0.3 is 0 Å². The minimum atomic E-state index is -4.48. The van der Waals surface area contributed by atoms with Crippen molar-refractivity contribution >= 4 is 10.8 Å². The predicted octanol–water partition coefficient (Wildman–Crippen LogP) is 10.5. The van der Waals surface area contributed by atoms with Crippen LogP contribution in [0.1, 0.15) is 110 Å². The van der Waals surface area contributed by atoms with Crippen LogP contribution < -0.4 is 6.54 Å². The zero-order valence-corrected chi connectivity index (χ0v) is 31.9. The van der Waals surface area contributed by atoms with E-state index < -0.39 is 18.3 Å². The van der Waals surface area contributed by atoms with Gasteiger partial charge in [-0.25, -0.2) is 0 Å². The Morgan fingerprint density at radius 1 is 0.791 bits per heavy atom. The molecule has 0 heterocycles. The molecule has 0 radical (unpaired) electrons. The van der Waals surface area contributed by atoms with Crippen molar-refractivity contribution in [1.29, 1.82) is 0 Å². The van der Waals surface area contributed by atoms with Crippen molar-refractivity contribution in [3.8, 4) is 11.1 Å². The topological polar surface area (TPSA) is 0 Å². The molecule has 1 heteroatoms. The molecular weight excluding hydrogens is 596 g/mol. The van der Waals surface area contributed by atoms with E-state index in [4.69, 9.17) is 4.21 Å². The molecule has 0 fully saturated rings. The maximum atomic E-state index is 5.72. The van der Waals surface area contributed by atoms with Crippen molar-refractivity contribution in [3.05, 3.63) is 103 Å². The Hall–Kier alpha value is -2.11. The SMILES string of the molecule is [CH2]=[Zr]([CH2]C)([C]1=CC(C(C)(C)C)=CC1C)([c]1ccccc1)[c]1c(C)c(C(C)(C)C)cc2c1Cc1cc(C)c(C(C)(C)C)cc1-2. The van der Waals surface area contributed by atoms with E-state index >= 15 is 0 Å². The standard InChI is InChI=1S/C23H29.C10H15.C6H5.C2H5.CH2.Zr/c1-14-9-16-11-17-10-15(2)21(23(6,7)8)13-19(17)18(16)12-20(14)22(3,4)5;1-8-5-6-9(7-8)10(2,3)4;1-2-4-6-5-3-1;1-2;;/h9,12-13H,11H2,1-8H3;6-8H,1-4H3;1-5H;1H2,2H3;1H2;. The fraction of sp³-hybridized carbons (Fsp3) is 0.452. The summed E-state index contributed by atoms with van der Waals surface area (Å²) in [5.74, 6) is 0.379. The first-order valence-electron chi connectivity index (χ1n) is 16.6. The number of hydrogen-bond donors (Lipinski definition) is 0. The van der Waals surface area contributed by atoms with E-state index in [1.165, 1.54) is 47.8 Å². The van der Waals surface area contributed by atoms with E-state index in [2.05, 4.69) is 151 Å². The van der Waals surface area contributed by atoms with E-state index in [-0.39, 0.29) is 16.2 Å². The molecule has 0 amide bonds. The average molecular weight is 652 g/mol. The molecule has 0 aromatic heterocycles. The fourth-order valence-corrected chi connectivity index (χ4v) is 25.4. The normalized spacial score (nSPS) is 17.5. The zero-order chi connectivity index (χ0) is 31.9. The van der Waals surface area contributed by atoms with Gasteiger partial charge in [-0.1, -0.05) is 0 Å². The second-order valence-electron chi connectivity index (χ2n) is 17.1. The van der Waals surface area contributed by atoms with Gasteiger partial charge in [0, 0.05) is 0 Å². The van der Waals surface area contributed by atoms with Crippen molar-refractivity contribution < 1.29 is 18.3 Å². The number of fused-ring (bicyclic) bond motifs is 3. The van der Waals surface area contributed by atoms with Crippen LogP contribution >= 0.6 is 0 Å². The first kappa shape index (κ1) is 32.3. The summed E-state index contributed by atoms with van der Waals surface area (Å²) in [5.41, 5.74) is 13.5. The van der Waals surface area contributed by atoms with Crippen molar-refractivity contribution in [1.82, 2.24) is 0 Å². The van der Waals surface area contributed by atoms with Crippen LogP contribution in [0.2, 0.25) is 4.13 Å². The molecule has 2 aliphatic rings. The molecular formula is C42H56Zr. The van der Waals surface area contributed by atoms with Crippen LogP contribution in [0.25, 0.3) is 11.1 Å². The molecule has 1 unspecified atom stereocenters. The molecule has 0 N–H and O–H groups in total. The van der Waals surface area contributed by atoms with E-state index in [1.54, 1.807) is 12.1 Å². The minimum absolute atomic E-state index is 0.0248. The molecule has 2 aliphatic carbocycles. The third-order valence-corrected chi connectivity index (χ3v) is 28.7. The van der Waals surface area contributed by atoms with Crippen LogP contribution in [0.15, 0.2) is 69.5 Å². The molecule has 0 nitrogen and oxygen atoms in total. The van der Waals surface area contributed by atoms with Gasteiger partial charge >= 0.3 is 266 Å². The molecule has 0 spiro atoms. The summed E-state index contributed by atoms with van der Waals surface area (Å²) in [6.07, 6.45) is 6.19. The van der Waals surface area contributed by atoms with Gasteiger partial charge in [-0.05, 0) is 0 Å². The van der Waals surface area contributed by atoms with Gasteiger partial charge in [0.25, 0.3) is 0 Å². The molecule has 43 heavy (non-hydrogen) atoms. The molecule has 3 aromatic rings. The van der Waals surface area contributed by atoms with Crippen molar-refractivity contribution in [2.24, 2.45) is 11.3 Å². The molecule has 228 valence electrons. The second-order valence-corrected chi connectivity index (χ2v) is 31.2. The van der Waals surface area contributed by atoms with Gasteiger partial charge in [-0.2, -0.15) is 0 Å². The first-order chi connectivity index (χ1) is 19.7. The quantitative estimate of drug-likeness (QED) is 0.206. The summed E-state index contributed by atoms with van der Waals surface area (Å²) in [7, 11) is 0. The Morgan fingerprint density at radius 3 is 1.88 bits per heavy atom. The first-order valence-corrected chi connectivity index (χ1v) is 23.7. The molecule has 5 rings (SSSR count). The van der Waals surface area contributed by atoms with E-state index in [0.717, 1.165) is 10.5 Å². The van der Waals surface area contributed by atoms with Crippen LogP contribution in [0.4, 0.5) is 0 Å². The molecule has 0 saturated carbocycles. The molecule has 3 aromatic carbocycles. The fourth-order valence-electron chi connectivity index (χ4n) is 8.80. The van der Waals surface area contributed by atoms with Gasteiger partial charge in [0.1, 0.15) is 0 Å². The van der Waals surface area contributed by atoms with E-state index in [1.807, 2.05) is 0 Å². The summed E-state index contributed by atoms with van der Waals surface area (Å²) in [4.78, 5) is 0. The van der Waals surface area contributed by atoms with Crippen LogP contribution in [-0.4, -0.2) is 4.21 Å². The van der Waals surface area contributed by atoms with Crippen LogP contribution in [0.5, 0.6) is 0 Å². The Morgan fingerprint density at radius 2 is 1.37 bits per heavy atom. The number of benzene rings is 3. The predicted molar refractivity (Wildman–Crippen MR) is 190 cm³/mol. The molecule has 0 aliphatic heterocycles. The Kier molecular flexibility index (Phi) is 7.66.